The van der Waals surface area contributed by atoms with Crippen molar-refractivity contribution in [2.24, 2.45) is 16.1 Å². The van der Waals surface area contributed by atoms with E-state index >= 15 is 0 Å². The second-order valence-electron chi connectivity index (χ2n) is 5.52. The summed E-state index contributed by atoms with van der Waals surface area (Å²) in [6, 6.07) is -0.282. The predicted octanol–water partition coefficient (Wildman–Crippen LogP) is 1.75. The van der Waals surface area contributed by atoms with Gasteiger partial charge in [-0.05, 0) is 18.3 Å². The average molecular weight is 233 g/mol. The number of urea groups is 1. The van der Waals surface area contributed by atoms with Crippen molar-refractivity contribution in [3.63, 3.8) is 0 Å². The number of carbonyl (C=O) groups is 1. The van der Waals surface area contributed by atoms with Crippen molar-refractivity contribution in [3.05, 3.63) is 0 Å². The topological polar surface area (TPSA) is 58.7 Å². The fourth-order valence-corrected chi connectivity index (χ4v) is 3.32. The number of terminal acetylenes is 1. The lowest BCUT2D eigenvalue weighted by atomic mass is 9.62. The van der Waals surface area contributed by atoms with Crippen molar-refractivity contribution in [3.8, 4) is 12.3 Å². The molecule has 0 aromatic rings. The third-order valence-corrected chi connectivity index (χ3v) is 4.29. The zero-order chi connectivity index (χ0) is 12.7. The maximum absolute atomic E-state index is 11.9. The highest BCUT2D eigenvalue weighted by Gasteiger charge is 2.58. The molecule has 17 heavy (non-hydrogen) atoms. The Labute approximate surface area is 102 Å². The van der Waals surface area contributed by atoms with E-state index in [0.29, 0.717) is 5.84 Å². The molecule has 1 fully saturated rings. The Morgan fingerprint density at radius 2 is 2.12 bits per heavy atom. The van der Waals surface area contributed by atoms with Crippen LogP contribution in [0.2, 0.25) is 0 Å². The second kappa shape index (κ2) is 3.76. The number of rotatable bonds is 1. The van der Waals surface area contributed by atoms with Crippen LogP contribution < -0.4 is 5.73 Å². The molecule has 1 saturated carbocycles. The van der Waals surface area contributed by atoms with Crippen LogP contribution in [0.1, 0.15) is 39.5 Å². The van der Waals surface area contributed by atoms with E-state index < -0.39 is 5.54 Å². The lowest BCUT2D eigenvalue weighted by Crippen LogP contribution is -2.64. The van der Waals surface area contributed by atoms with Gasteiger partial charge in [-0.3, -0.25) is 4.90 Å². The lowest BCUT2D eigenvalue weighted by Gasteiger charge is -2.51. The standard InChI is InChI=1S/C13H19N3O/c1-4-9-16-11(17)15-10(14)13(16)8-6-5-7-12(13,2)3/h1H,5-9H2,2-3H3,(H2,14,15,17). The maximum atomic E-state index is 11.9. The fraction of sp³-hybridized carbons (Fsp3) is 0.692. The van der Waals surface area contributed by atoms with E-state index in [1.165, 1.54) is 6.42 Å². The maximum Gasteiger partial charge on any atom is 0.346 e. The van der Waals surface area contributed by atoms with Crippen LogP contribution in [0.25, 0.3) is 0 Å². The fourth-order valence-electron chi connectivity index (χ4n) is 3.32. The van der Waals surface area contributed by atoms with Crippen LogP contribution in [0, 0.1) is 17.8 Å². The van der Waals surface area contributed by atoms with Crippen LogP contribution in [-0.4, -0.2) is 28.9 Å². The van der Waals surface area contributed by atoms with Crippen LogP contribution >= 0.6 is 0 Å². The van der Waals surface area contributed by atoms with E-state index in [9.17, 15) is 4.79 Å². The van der Waals surface area contributed by atoms with Gasteiger partial charge < -0.3 is 5.73 Å². The van der Waals surface area contributed by atoms with Gasteiger partial charge in [0.1, 0.15) is 11.4 Å². The molecule has 0 saturated heterocycles. The highest BCUT2D eigenvalue weighted by atomic mass is 16.2. The van der Waals surface area contributed by atoms with Gasteiger partial charge in [-0.15, -0.1) is 6.42 Å². The third kappa shape index (κ3) is 1.45. The van der Waals surface area contributed by atoms with Crippen LogP contribution in [0.3, 0.4) is 0 Å². The molecule has 2 rings (SSSR count). The number of carbonyl (C=O) groups excluding carboxylic acids is 1. The van der Waals surface area contributed by atoms with Gasteiger partial charge in [0, 0.05) is 0 Å². The zero-order valence-corrected chi connectivity index (χ0v) is 10.5. The van der Waals surface area contributed by atoms with Gasteiger partial charge in [0.05, 0.1) is 6.54 Å². The molecular weight excluding hydrogens is 214 g/mol. The molecule has 0 aromatic heterocycles. The van der Waals surface area contributed by atoms with Crippen molar-refractivity contribution in [1.82, 2.24) is 4.90 Å². The summed E-state index contributed by atoms with van der Waals surface area (Å²) in [6.45, 7) is 4.58. The molecule has 2 amide bonds. The first-order valence-corrected chi connectivity index (χ1v) is 6.05. The van der Waals surface area contributed by atoms with E-state index in [1.54, 1.807) is 4.90 Å². The molecule has 2 aliphatic rings. The molecule has 4 heteroatoms. The van der Waals surface area contributed by atoms with Crippen molar-refractivity contribution in [2.75, 3.05) is 6.54 Å². The summed E-state index contributed by atoms with van der Waals surface area (Å²) in [5, 5.41) is 0. The number of amidine groups is 1. The van der Waals surface area contributed by atoms with Gasteiger partial charge in [-0.25, -0.2) is 4.79 Å². The molecule has 92 valence electrons. The van der Waals surface area contributed by atoms with Gasteiger partial charge in [0.15, 0.2) is 0 Å². The molecule has 1 aliphatic carbocycles. The summed E-state index contributed by atoms with van der Waals surface area (Å²) in [4.78, 5) is 17.5. The largest absolute Gasteiger partial charge is 0.385 e. The third-order valence-electron chi connectivity index (χ3n) is 4.29. The van der Waals surface area contributed by atoms with Crippen molar-refractivity contribution in [1.29, 1.82) is 0 Å². The first-order chi connectivity index (χ1) is 7.95. The monoisotopic (exact) mass is 233 g/mol. The Bertz CT molecular complexity index is 419. The quantitative estimate of drug-likeness (QED) is 0.701. The Morgan fingerprint density at radius 1 is 1.47 bits per heavy atom. The summed E-state index contributed by atoms with van der Waals surface area (Å²) in [6.07, 6.45) is 9.49. The van der Waals surface area contributed by atoms with Crippen LogP contribution in [0.5, 0.6) is 0 Å². The number of nitrogens with two attached hydrogens (primary N) is 1. The lowest BCUT2D eigenvalue weighted by molar-refractivity contribution is 0.0453. The van der Waals surface area contributed by atoms with Gasteiger partial charge in [0.2, 0.25) is 0 Å². The molecule has 1 spiro atoms. The Morgan fingerprint density at radius 3 is 2.71 bits per heavy atom. The Hall–Kier alpha value is -1.50. The predicted molar refractivity (Wildman–Crippen MR) is 67.5 cm³/mol. The van der Waals surface area contributed by atoms with E-state index in [2.05, 4.69) is 24.8 Å². The smallest absolute Gasteiger partial charge is 0.346 e. The number of hydrogen-bond donors (Lipinski definition) is 1. The molecule has 1 aliphatic heterocycles. The Balaban J connectivity index is 2.48. The second-order valence-corrected chi connectivity index (χ2v) is 5.52. The molecule has 0 bridgehead atoms. The summed E-state index contributed by atoms with van der Waals surface area (Å²) in [5.74, 6) is 2.99. The Kier molecular flexibility index (Phi) is 2.65. The van der Waals surface area contributed by atoms with Crippen LogP contribution in [0.4, 0.5) is 4.79 Å². The summed E-state index contributed by atoms with van der Waals surface area (Å²) < 4.78 is 0. The molecule has 1 unspecified atom stereocenters. The van der Waals surface area contributed by atoms with Crippen molar-refractivity contribution in [2.45, 2.75) is 45.1 Å². The number of nitrogens with zero attached hydrogens (tertiary/aromatic N) is 2. The van der Waals surface area contributed by atoms with Gasteiger partial charge >= 0.3 is 6.03 Å². The molecule has 1 heterocycles. The van der Waals surface area contributed by atoms with E-state index in [0.717, 1.165) is 19.3 Å². The molecule has 1 atom stereocenters. The highest BCUT2D eigenvalue weighted by molar-refractivity contribution is 6.06. The molecule has 0 radical (unpaired) electrons. The number of amides is 2. The summed E-state index contributed by atoms with van der Waals surface area (Å²) in [5.41, 5.74) is 5.52. The minimum absolute atomic E-state index is 0.0676. The minimum atomic E-state index is -0.464. The first-order valence-electron chi connectivity index (χ1n) is 6.05. The molecule has 4 nitrogen and oxygen atoms in total. The SMILES string of the molecule is C#CCN1C(=O)N=C(N)C12CCCCC2(C)C. The zero-order valence-electron chi connectivity index (χ0n) is 10.5. The highest BCUT2D eigenvalue weighted by Crippen LogP contribution is 2.49. The average Bonchev–Trinajstić information content (AvgIpc) is 2.48. The van der Waals surface area contributed by atoms with Crippen molar-refractivity contribution >= 4 is 11.9 Å². The van der Waals surface area contributed by atoms with Gasteiger partial charge in [0.25, 0.3) is 0 Å². The van der Waals surface area contributed by atoms with Crippen LogP contribution in [-0.2, 0) is 0 Å². The minimum Gasteiger partial charge on any atom is -0.385 e. The van der Waals surface area contributed by atoms with Gasteiger partial charge in [-0.1, -0.05) is 32.6 Å². The normalized spacial score (nSPS) is 31.5. The van der Waals surface area contributed by atoms with Crippen LogP contribution in [0.15, 0.2) is 4.99 Å². The van der Waals surface area contributed by atoms with Gasteiger partial charge in [-0.2, -0.15) is 4.99 Å². The van der Waals surface area contributed by atoms with Crippen molar-refractivity contribution < 1.29 is 4.79 Å². The molecular formula is C13H19N3O. The molecule has 2 N–H and O–H groups in total. The number of hydrogen-bond acceptors (Lipinski definition) is 2. The summed E-state index contributed by atoms with van der Waals surface area (Å²) in [7, 11) is 0. The summed E-state index contributed by atoms with van der Waals surface area (Å²) >= 11 is 0. The van der Waals surface area contributed by atoms with E-state index in [-0.39, 0.29) is 18.0 Å². The van der Waals surface area contributed by atoms with E-state index in [4.69, 9.17) is 12.2 Å². The first kappa shape index (κ1) is 12.0. The number of aliphatic imine (C=N–C) groups is 1. The van der Waals surface area contributed by atoms with E-state index in [1.807, 2.05) is 0 Å². The molecule has 0 aromatic carbocycles.